The molecule has 33 heavy (non-hydrogen) atoms. The van der Waals surface area contributed by atoms with Crippen LogP contribution in [0.1, 0.15) is 162 Å². The number of carbonyl (C=O) groups is 2. The van der Waals surface area contributed by atoms with Crippen LogP contribution in [0.2, 0.25) is 0 Å². The van der Waals surface area contributed by atoms with E-state index in [4.69, 9.17) is 0 Å². The van der Waals surface area contributed by atoms with Gasteiger partial charge < -0.3 is 0 Å². The third kappa shape index (κ3) is 14.0. The number of likely N-dealkylation sites (tertiary alicyclic amines) is 1. The van der Waals surface area contributed by atoms with Gasteiger partial charge >= 0.3 is 0 Å². The summed E-state index contributed by atoms with van der Waals surface area (Å²) >= 11 is 0. The van der Waals surface area contributed by atoms with Crippen LogP contribution in [0.5, 0.6) is 0 Å². The first-order valence-electron chi connectivity index (χ1n) is 14.6. The monoisotopic (exact) mass is 461 g/mol. The quantitative estimate of drug-likeness (QED) is 0.0914. The summed E-state index contributed by atoms with van der Waals surface area (Å²) < 4.78 is 0. The van der Waals surface area contributed by atoms with Gasteiger partial charge in [0.15, 0.2) is 0 Å². The molecule has 0 aliphatic carbocycles. The summed E-state index contributed by atoms with van der Waals surface area (Å²) in [6.07, 6.45) is 29.2. The van der Waals surface area contributed by atoms with Gasteiger partial charge in [-0.05, 0) is 26.2 Å². The molecule has 0 radical (unpaired) electrons. The molecule has 0 saturated carbocycles. The van der Waals surface area contributed by atoms with Crippen LogP contribution in [0.3, 0.4) is 0 Å². The van der Waals surface area contributed by atoms with Crippen LogP contribution in [0, 0.1) is 0 Å². The Labute approximate surface area is 206 Å². The Hall–Kier alpha value is -1.12. The Morgan fingerprint density at radius 1 is 0.667 bits per heavy atom. The minimum Gasteiger partial charge on any atom is -0.275 e. The minimum absolute atomic E-state index is 0.00370. The van der Waals surface area contributed by atoms with Crippen molar-refractivity contribution < 1.29 is 9.59 Å². The molecule has 1 aliphatic rings. The van der Waals surface area contributed by atoms with E-state index in [1.54, 1.807) is 4.90 Å². The number of nitrogens with zero attached hydrogens (tertiary/aromatic N) is 1. The van der Waals surface area contributed by atoms with Gasteiger partial charge in [0.05, 0.1) is 6.04 Å². The van der Waals surface area contributed by atoms with Crippen LogP contribution in [-0.4, -0.2) is 22.8 Å². The fourth-order valence-corrected chi connectivity index (χ4v) is 5.07. The maximum atomic E-state index is 12.3. The maximum Gasteiger partial charge on any atom is 0.230 e. The van der Waals surface area contributed by atoms with E-state index in [9.17, 15) is 9.59 Å². The summed E-state index contributed by atoms with van der Waals surface area (Å²) in [7, 11) is 0. The van der Waals surface area contributed by atoms with Crippen molar-refractivity contribution >= 4 is 11.8 Å². The molecule has 0 spiro atoms. The molecular formula is C30H55NO2. The molecule has 1 rings (SSSR count). The predicted molar refractivity (Wildman–Crippen MR) is 142 cm³/mol. The molecule has 1 atom stereocenters. The zero-order valence-corrected chi connectivity index (χ0v) is 22.5. The fraction of sp³-hybridized carbons (Fsp3) is 0.867. The van der Waals surface area contributed by atoms with Crippen molar-refractivity contribution in [1.29, 1.82) is 0 Å². The molecule has 0 aromatic rings. The number of unbranched alkanes of at least 4 members (excludes halogenated alkanes) is 17. The van der Waals surface area contributed by atoms with Gasteiger partial charge in [0.2, 0.25) is 11.8 Å². The van der Waals surface area contributed by atoms with Crippen molar-refractivity contribution in [3.05, 3.63) is 11.6 Å². The van der Waals surface area contributed by atoms with Gasteiger partial charge in [-0.3, -0.25) is 14.5 Å². The van der Waals surface area contributed by atoms with Crippen LogP contribution < -0.4 is 0 Å². The molecule has 1 fully saturated rings. The summed E-state index contributed by atoms with van der Waals surface area (Å²) in [6, 6.07) is -0.00370. The molecule has 0 aromatic heterocycles. The van der Waals surface area contributed by atoms with Gasteiger partial charge in [-0.1, -0.05) is 135 Å². The Morgan fingerprint density at radius 2 is 1.06 bits per heavy atom. The Balaban J connectivity index is 2.16. The Morgan fingerprint density at radius 3 is 1.52 bits per heavy atom. The highest BCUT2D eigenvalue weighted by Crippen LogP contribution is 2.25. The highest BCUT2D eigenvalue weighted by atomic mass is 16.2. The first kappa shape index (κ1) is 29.9. The van der Waals surface area contributed by atoms with Gasteiger partial charge in [0, 0.05) is 12.8 Å². The fourth-order valence-electron chi connectivity index (χ4n) is 5.07. The number of rotatable bonds is 22. The average Bonchev–Trinajstić information content (AvgIpc) is 3.14. The summed E-state index contributed by atoms with van der Waals surface area (Å²) in [4.78, 5) is 26.2. The number of amides is 2. The van der Waals surface area contributed by atoms with Gasteiger partial charge in [-0.25, -0.2) is 0 Å². The van der Waals surface area contributed by atoms with Crippen molar-refractivity contribution in [3.8, 4) is 0 Å². The third-order valence-electron chi connectivity index (χ3n) is 7.28. The molecule has 2 amide bonds. The number of imide groups is 1. The highest BCUT2D eigenvalue weighted by Gasteiger charge is 2.35. The lowest BCUT2D eigenvalue weighted by atomic mass is 9.98. The summed E-state index contributed by atoms with van der Waals surface area (Å²) in [6.45, 7) is 6.63. The van der Waals surface area contributed by atoms with E-state index >= 15 is 0 Å². The van der Waals surface area contributed by atoms with E-state index in [0.717, 1.165) is 19.3 Å². The summed E-state index contributed by atoms with van der Waals surface area (Å²) in [5.41, 5.74) is 1.23. The molecule has 0 N–H and O–H groups in total. The van der Waals surface area contributed by atoms with E-state index in [1.165, 1.54) is 115 Å². The van der Waals surface area contributed by atoms with Crippen molar-refractivity contribution in [2.75, 3.05) is 0 Å². The Kier molecular flexibility index (Phi) is 18.4. The topological polar surface area (TPSA) is 37.4 Å². The molecule has 192 valence electrons. The van der Waals surface area contributed by atoms with Crippen LogP contribution >= 0.6 is 0 Å². The zero-order chi connectivity index (χ0) is 24.2. The second kappa shape index (κ2) is 20.3. The maximum absolute atomic E-state index is 12.3. The second-order valence-corrected chi connectivity index (χ2v) is 10.4. The largest absolute Gasteiger partial charge is 0.275 e. The standard InChI is InChI=1S/C30H55NO2/c1-4-6-8-10-11-12-13-14-15-16-17-18-19-20-21-23-27(3)28(24-22-9-7-5-2)31-29(32)25-26-30(31)33/h23,28H,4-22,24-26H2,1-3H3/b27-23+. The molecule has 0 aromatic carbocycles. The van der Waals surface area contributed by atoms with E-state index in [2.05, 4.69) is 26.8 Å². The van der Waals surface area contributed by atoms with E-state index in [1.807, 2.05) is 0 Å². The number of allylic oxidation sites excluding steroid dienone is 1. The normalized spacial score (nSPS) is 15.6. The number of hydrogen-bond donors (Lipinski definition) is 0. The number of carbonyl (C=O) groups excluding carboxylic acids is 2. The molecular weight excluding hydrogens is 406 g/mol. The lowest BCUT2D eigenvalue weighted by Crippen LogP contribution is -2.40. The van der Waals surface area contributed by atoms with E-state index in [0.29, 0.717) is 12.8 Å². The third-order valence-corrected chi connectivity index (χ3v) is 7.28. The molecule has 1 aliphatic heterocycles. The lowest BCUT2D eigenvalue weighted by molar-refractivity contribution is -0.140. The predicted octanol–water partition coefficient (Wildman–Crippen LogP) is 9.29. The first-order chi connectivity index (χ1) is 16.1. The van der Waals surface area contributed by atoms with Crippen molar-refractivity contribution in [2.24, 2.45) is 0 Å². The van der Waals surface area contributed by atoms with Gasteiger partial charge in [0.25, 0.3) is 0 Å². The number of hydrogen-bond acceptors (Lipinski definition) is 2. The van der Waals surface area contributed by atoms with Crippen molar-refractivity contribution in [1.82, 2.24) is 4.90 Å². The van der Waals surface area contributed by atoms with Crippen LogP contribution in [-0.2, 0) is 9.59 Å². The minimum atomic E-state index is -0.00370. The summed E-state index contributed by atoms with van der Waals surface area (Å²) in [5.74, 6) is 0.0643. The van der Waals surface area contributed by atoms with Gasteiger partial charge in [-0.2, -0.15) is 0 Å². The first-order valence-corrected chi connectivity index (χ1v) is 14.6. The van der Waals surface area contributed by atoms with Crippen LogP contribution in [0.4, 0.5) is 0 Å². The van der Waals surface area contributed by atoms with E-state index in [-0.39, 0.29) is 17.9 Å². The molecule has 3 nitrogen and oxygen atoms in total. The second-order valence-electron chi connectivity index (χ2n) is 10.4. The van der Waals surface area contributed by atoms with Crippen LogP contribution in [0.15, 0.2) is 11.6 Å². The zero-order valence-electron chi connectivity index (χ0n) is 22.5. The van der Waals surface area contributed by atoms with Crippen molar-refractivity contribution in [2.45, 2.75) is 168 Å². The SMILES string of the molecule is CCCCCCCCCCCCCCCC/C=C(\C)C(CCCCCC)N1C(=O)CCC1=O. The molecule has 0 bridgehead atoms. The van der Waals surface area contributed by atoms with Gasteiger partial charge in [0.1, 0.15) is 0 Å². The molecule has 1 unspecified atom stereocenters. The highest BCUT2D eigenvalue weighted by molar-refractivity contribution is 6.02. The van der Waals surface area contributed by atoms with Gasteiger partial charge in [-0.15, -0.1) is 0 Å². The smallest absolute Gasteiger partial charge is 0.230 e. The molecule has 1 heterocycles. The molecule has 1 saturated heterocycles. The average molecular weight is 462 g/mol. The molecule has 3 heteroatoms. The van der Waals surface area contributed by atoms with E-state index < -0.39 is 0 Å². The van der Waals surface area contributed by atoms with Crippen molar-refractivity contribution in [3.63, 3.8) is 0 Å². The summed E-state index contributed by atoms with van der Waals surface area (Å²) in [5, 5.41) is 0. The lowest BCUT2D eigenvalue weighted by Gasteiger charge is -2.27. The Bertz CT molecular complexity index is 523. The van der Waals surface area contributed by atoms with Crippen LogP contribution in [0.25, 0.3) is 0 Å².